The summed E-state index contributed by atoms with van der Waals surface area (Å²) in [6.45, 7) is 0.530. The zero-order valence-electron chi connectivity index (χ0n) is 12.1. The average Bonchev–Trinajstić information content (AvgIpc) is 2.54. The Morgan fingerprint density at radius 3 is 2.95 bits per heavy atom. The van der Waals surface area contributed by atoms with Crippen LogP contribution in [0.2, 0.25) is 5.02 Å². The topological polar surface area (TPSA) is 47.6 Å². The Bertz CT molecular complexity index is 702. The molecule has 2 aromatic rings. The predicted octanol–water partition coefficient (Wildman–Crippen LogP) is 3.85. The van der Waals surface area contributed by atoms with Gasteiger partial charge < -0.3 is 14.8 Å². The van der Waals surface area contributed by atoms with Crippen molar-refractivity contribution in [3.63, 3.8) is 0 Å². The monoisotopic (exact) mass is 317 g/mol. The number of anilines is 1. The number of rotatable bonds is 3. The van der Waals surface area contributed by atoms with Crippen molar-refractivity contribution < 1.29 is 14.3 Å². The number of hydrogen-bond acceptors (Lipinski definition) is 3. The molecule has 1 aliphatic heterocycles. The lowest BCUT2D eigenvalue weighted by atomic mass is 9.92. The fourth-order valence-electron chi connectivity index (χ4n) is 2.61. The summed E-state index contributed by atoms with van der Waals surface area (Å²) in [7, 11) is 1.56. The molecule has 0 fully saturated rings. The number of nitrogens with one attached hydrogen (secondary N) is 1. The molecule has 0 saturated heterocycles. The van der Waals surface area contributed by atoms with Crippen molar-refractivity contribution in [2.45, 2.75) is 12.3 Å². The average molecular weight is 318 g/mol. The highest BCUT2D eigenvalue weighted by atomic mass is 35.5. The van der Waals surface area contributed by atoms with Gasteiger partial charge in [0.25, 0.3) is 0 Å². The summed E-state index contributed by atoms with van der Waals surface area (Å²) >= 11 is 6.00. The van der Waals surface area contributed by atoms with E-state index >= 15 is 0 Å². The first-order valence-electron chi connectivity index (χ1n) is 7.05. The summed E-state index contributed by atoms with van der Waals surface area (Å²) in [5.41, 5.74) is 1.48. The minimum absolute atomic E-state index is 0.0867. The van der Waals surface area contributed by atoms with Gasteiger partial charge in [-0.05, 0) is 30.7 Å². The summed E-state index contributed by atoms with van der Waals surface area (Å²) in [6, 6.07) is 12.8. The second-order valence-electron chi connectivity index (χ2n) is 5.06. The van der Waals surface area contributed by atoms with Crippen molar-refractivity contribution in [1.82, 2.24) is 0 Å². The molecule has 3 rings (SSSR count). The second kappa shape index (κ2) is 6.28. The first-order valence-corrected chi connectivity index (χ1v) is 7.43. The number of carbonyl (C=O) groups is 1. The summed E-state index contributed by atoms with van der Waals surface area (Å²) in [5.74, 6) is 1.02. The van der Waals surface area contributed by atoms with Crippen LogP contribution in [-0.2, 0) is 4.79 Å². The third-order valence-corrected chi connectivity index (χ3v) is 3.93. The van der Waals surface area contributed by atoms with Crippen LogP contribution in [0.3, 0.4) is 0 Å². The lowest BCUT2D eigenvalue weighted by molar-refractivity contribution is -0.118. The van der Waals surface area contributed by atoms with Crippen molar-refractivity contribution in [2.75, 3.05) is 19.0 Å². The van der Waals surface area contributed by atoms with E-state index in [2.05, 4.69) is 5.32 Å². The van der Waals surface area contributed by atoms with Crippen molar-refractivity contribution in [1.29, 1.82) is 0 Å². The number of ether oxygens (including phenoxy) is 2. The van der Waals surface area contributed by atoms with Crippen LogP contribution in [-0.4, -0.2) is 19.6 Å². The van der Waals surface area contributed by atoms with E-state index in [-0.39, 0.29) is 11.8 Å². The molecule has 4 nitrogen and oxygen atoms in total. The Balaban J connectivity index is 1.86. The van der Waals surface area contributed by atoms with Gasteiger partial charge in [0.05, 0.1) is 25.3 Å². The molecule has 1 heterocycles. The van der Waals surface area contributed by atoms with Crippen LogP contribution in [0.4, 0.5) is 5.69 Å². The zero-order valence-corrected chi connectivity index (χ0v) is 12.9. The Morgan fingerprint density at radius 1 is 1.32 bits per heavy atom. The van der Waals surface area contributed by atoms with E-state index in [1.807, 2.05) is 24.3 Å². The molecule has 22 heavy (non-hydrogen) atoms. The molecule has 0 aliphatic carbocycles. The van der Waals surface area contributed by atoms with E-state index in [1.54, 1.807) is 25.3 Å². The van der Waals surface area contributed by atoms with Crippen molar-refractivity contribution in [3.05, 3.63) is 53.1 Å². The molecule has 0 radical (unpaired) electrons. The molecule has 1 unspecified atom stereocenters. The van der Waals surface area contributed by atoms with Crippen molar-refractivity contribution in [2.24, 2.45) is 0 Å². The summed E-state index contributed by atoms with van der Waals surface area (Å²) in [4.78, 5) is 12.6. The van der Waals surface area contributed by atoms with Crippen LogP contribution in [0.15, 0.2) is 42.5 Å². The molecular weight excluding hydrogens is 302 g/mol. The Kier molecular flexibility index (Phi) is 4.20. The second-order valence-corrected chi connectivity index (χ2v) is 5.50. The van der Waals surface area contributed by atoms with Gasteiger partial charge in [-0.1, -0.05) is 29.8 Å². The number of methoxy groups -OCH3 is 1. The molecule has 5 heteroatoms. The first-order chi connectivity index (χ1) is 10.7. The van der Waals surface area contributed by atoms with Crippen molar-refractivity contribution in [3.8, 4) is 11.5 Å². The first kappa shape index (κ1) is 14.7. The minimum Gasteiger partial charge on any atom is -0.495 e. The number of fused-ring (bicyclic) bond motifs is 1. The van der Waals surface area contributed by atoms with Gasteiger partial charge in [-0.3, -0.25) is 4.79 Å². The van der Waals surface area contributed by atoms with E-state index in [0.29, 0.717) is 29.5 Å². The standard InChI is InChI=1S/C17H16ClNO3/c1-21-16-7-6-11(18)10-14(16)19-17(20)13-8-9-22-15-5-3-2-4-12(13)15/h2-7,10,13H,8-9H2,1H3,(H,19,20). The Labute approximate surface area is 134 Å². The van der Waals surface area contributed by atoms with Crippen molar-refractivity contribution >= 4 is 23.2 Å². The maximum absolute atomic E-state index is 12.6. The molecular formula is C17H16ClNO3. The number of amides is 1. The molecule has 1 N–H and O–H groups in total. The van der Waals surface area contributed by atoms with Crippen LogP contribution < -0.4 is 14.8 Å². The van der Waals surface area contributed by atoms with E-state index < -0.39 is 0 Å². The Hall–Kier alpha value is -2.20. The van der Waals surface area contributed by atoms with Gasteiger partial charge in [0.1, 0.15) is 11.5 Å². The van der Waals surface area contributed by atoms with E-state index in [4.69, 9.17) is 21.1 Å². The van der Waals surface area contributed by atoms with E-state index in [1.165, 1.54) is 0 Å². The molecule has 0 bridgehead atoms. The molecule has 2 aromatic carbocycles. The van der Waals surface area contributed by atoms with Crippen LogP contribution >= 0.6 is 11.6 Å². The third-order valence-electron chi connectivity index (χ3n) is 3.69. The highest BCUT2D eigenvalue weighted by Crippen LogP contribution is 2.35. The van der Waals surface area contributed by atoms with Crippen LogP contribution in [0, 0.1) is 0 Å². The van der Waals surface area contributed by atoms with E-state index in [9.17, 15) is 4.79 Å². The minimum atomic E-state index is -0.242. The van der Waals surface area contributed by atoms with Crippen LogP contribution in [0.1, 0.15) is 17.9 Å². The van der Waals surface area contributed by atoms with Gasteiger partial charge in [-0.25, -0.2) is 0 Å². The number of carbonyl (C=O) groups excluding carboxylic acids is 1. The van der Waals surface area contributed by atoms with Gasteiger partial charge in [0.15, 0.2) is 0 Å². The maximum atomic E-state index is 12.6. The number of para-hydroxylation sites is 1. The maximum Gasteiger partial charge on any atom is 0.232 e. The fourth-order valence-corrected chi connectivity index (χ4v) is 2.78. The SMILES string of the molecule is COc1ccc(Cl)cc1NC(=O)C1CCOc2ccccc21. The largest absolute Gasteiger partial charge is 0.495 e. The predicted molar refractivity (Wildman–Crippen MR) is 85.9 cm³/mol. The summed E-state index contributed by atoms with van der Waals surface area (Å²) in [5, 5.41) is 3.45. The van der Waals surface area contributed by atoms with Gasteiger partial charge in [0, 0.05) is 10.6 Å². The smallest absolute Gasteiger partial charge is 0.232 e. The molecule has 0 spiro atoms. The Morgan fingerprint density at radius 2 is 2.14 bits per heavy atom. The lowest BCUT2D eigenvalue weighted by Gasteiger charge is -2.25. The molecule has 1 amide bonds. The highest BCUT2D eigenvalue weighted by molar-refractivity contribution is 6.31. The normalized spacial score (nSPS) is 16.4. The van der Waals surface area contributed by atoms with E-state index in [0.717, 1.165) is 11.3 Å². The summed E-state index contributed by atoms with van der Waals surface area (Å²) in [6.07, 6.45) is 0.645. The number of hydrogen-bond donors (Lipinski definition) is 1. The number of halogens is 1. The van der Waals surface area contributed by atoms with Crippen LogP contribution in [0.5, 0.6) is 11.5 Å². The third kappa shape index (κ3) is 2.88. The number of benzene rings is 2. The quantitative estimate of drug-likeness (QED) is 0.935. The van der Waals surface area contributed by atoms with Gasteiger partial charge >= 0.3 is 0 Å². The van der Waals surface area contributed by atoms with Gasteiger partial charge in [-0.2, -0.15) is 0 Å². The lowest BCUT2D eigenvalue weighted by Crippen LogP contribution is -2.26. The molecule has 0 aromatic heterocycles. The zero-order chi connectivity index (χ0) is 15.5. The summed E-state index contributed by atoms with van der Waals surface area (Å²) < 4.78 is 10.9. The molecule has 1 atom stereocenters. The van der Waals surface area contributed by atoms with Gasteiger partial charge in [-0.15, -0.1) is 0 Å². The fraction of sp³-hybridized carbons (Fsp3) is 0.235. The van der Waals surface area contributed by atoms with Crippen LogP contribution in [0.25, 0.3) is 0 Å². The highest BCUT2D eigenvalue weighted by Gasteiger charge is 2.27. The molecule has 0 saturated carbocycles. The van der Waals surface area contributed by atoms with Gasteiger partial charge in [0.2, 0.25) is 5.91 Å². The molecule has 114 valence electrons. The molecule has 1 aliphatic rings.